The van der Waals surface area contributed by atoms with Crippen LogP contribution in [0.1, 0.15) is 38.5 Å². The summed E-state index contributed by atoms with van der Waals surface area (Å²) in [4.78, 5) is 0. The van der Waals surface area contributed by atoms with Crippen LogP contribution < -0.4 is 0 Å². The summed E-state index contributed by atoms with van der Waals surface area (Å²) in [5.41, 5.74) is 0. The van der Waals surface area contributed by atoms with E-state index in [1.165, 1.54) is 38.5 Å². The van der Waals surface area contributed by atoms with Crippen molar-refractivity contribution < 1.29 is 4.74 Å². The van der Waals surface area contributed by atoms with Crippen LogP contribution >= 0.6 is 0 Å². The van der Waals surface area contributed by atoms with E-state index in [1.54, 1.807) is 0 Å². The van der Waals surface area contributed by atoms with Gasteiger partial charge in [0, 0.05) is 7.11 Å². The number of hydrogen-bond acceptors (Lipinski definition) is 1. The molecular weight excluding hydrogens is 124 g/mol. The van der Waals surface area contributed by atoms with Crippen molar-refractivity contribution >= 4 is 0 Å². The van der Waals surface area contributed by atoms with Gasteiger partial charge in [-0.15, -0.1) is 0 Å². The van der Waals surface area contributed by atoms with Crippen LogP contribution in [0.25, 0.3) is 0 Å². The molecule has 59 valence electrons. The fourth-order valence-corrected chi connectivity index (χ4v) is 1.49. The van der Waals surface area contributed by atoms with Gasteiger partial charge in [-0.25, -0.2) is 0 Å². The largest absolute Gasteiger partial charge is 0.381 e. The minimum absolute atomic E-state index is 0.538. The van der Waals surface area contributed by atoms with Crippen LogP contribution in [0.3, 0.4) is 0 Å². The van der Waals surface area contributed by atoms with Gasteiger partial charge in [-0.1, -0.05) is 19.3 Å². The summed E-state index contributed by atoms with van der Waals surface area (Å²) in [6.45, 7) is 0. The first-order valence-electron chi connectivity index (χ1n) is 4.28. The van der Waals surface area contributed by atoms with E-state index in [0.717, 1.165) is 0 Å². The Kier molecular flexibility index (Phi) is 3.81. The van der Waals surface area contributed by atoms with Gasteiger partial charge in [-0.2, -0.15) is 0 Å². The maximum absolute atomic E-state index is 5.31. The van der Waals surface area contributed by atoms with Gasteiger partial charge >= 0.3 is 0 Å². The Morgan fingerprint density at radius 1 is 1.20 bits per heavy atom. The molecular formula is C9H17O. The lowest BCUT2D eigenvalue weighted by molar-refractivity contribution is 0.0832. The molecule has 1 aliphatic rings. The van der Waals surface area contributed by atoms with Gasteiger partial charge in [-0.05, 0) is 25.7 Å². The van der Waals surface area contributed by atoms with Crippen molar-refractivity contribution in [3.8, 4) is 0 Å². The Morgan fingerprint density at radius 2 is 2.10 bits per heavy atom. The molecule has 1 nitrogen and oxygen atoms in total. The molecule has 0 saturated heterocycles. The summed E-state index contributed by atoms with van der Waals surface area (Å²) < 4.78 is 5.31. The second-order valence-electron chi connectivity index (χ2n) is 3.01. The first kappa shape index (κ1) is 8.06. The predicted octanol–water partition coefficient (Wildman–Crippen LogP) is 2.56. The lowest BCUT2D eigenvalue weighted by Crippen LogP contribution is -2.11. The van der Waals surface area contributed by atoms with Gasteiger partial charge in [0.15, 0.2) is 0 Å². The Bertz CT molecular complexity index is 72.8. The van der Waals surface area contributed by atoms with Crippen molar-refractivity contribution in [3.05, 3.63) is 6.42 Å². The molecule has 1 rings (SSSR count). The Labute approximate surface area is 63.8 Å². The van der Waals surface area contributed by atoms with Crippen LogP contribution in [0.5, 0.6) is 0 Å². The summed E-state index contributed by atoms with van der Waals surface area (Å²) in [5.74, 6) is 0. The summed E-state index contributed by atoms with van der Waals surface area (Å²) in [6.07, 6.45) is 10.7. The van der Waals surface area contributed by atoms with E-state index in [9.17, 15) is 0 Å². The summed E-state index contributed by atoms with van der Waals surface area (Å²) in [6, 6.07) is 0. The third-order valence-electron chi connectivity index (χ3n) is 2.21. The smallest absolute Gasteiger partial charge is 0.0571 e. The molecule has 1 fully saturated rings. The first-order chi connectivity index (χ1) is 4.93. The molecule has 1 atom stereocenters. The molecule has 10 heavy (non-hydrogen) atoms. The van der Waals surface area contributed by atoms with Crippen molar-refractivity contribution in [1.29, 1.82) is 0 Å². The highest BCUT2D eigenvalue weighted by atomic mass is 16.5. The third kappa shape index (κ3) is 2.70. The number of rotatable bonds is 1. The van der Waals surface area contributed by atoms with Gasteiger partial charge in [0.05, 0.1) is 6.10 Å². The molecule has 0 aromatic rings. The van der Waals surface area contributed by atoms with Crippen molar-refractivity contribution in [2.45, 2.75) is 44.6 Å². The molecule has 0 aliphatic heterocycles. The molecule has 1 aliphatic carbocycles. The Balaban J connectivity index is 2.16. The van der Waals surface area contributed by atoms with Crippen LogP contribution in [0.2, 0.25) is 0 Å². The van der Waals surface area contributed by atoms with Crippen molar-refractivity contribution in [2.75, 3.05) is 7.11 Å². The van der Waals surface area contributed by atoms with E-state index in [-0.39, 0.29) is 0 Å². The average Bonchev–Trinajstić information content (AvgIpc) is 1.87. The normalized spacial score (nSPS) is 23.7. The molecule has 0 heterocycles. The topological polar surface area (TPSA) is 9.23 Å². The average molecular weight is 141 g/mol. The standard InChI is InChI=1S/C9H17O/c1-10-9-7-5-3-2-4-6-8-9/h3,9H,2,4-8H2,1H3. The van der Waals surface area contributed by atoms with E-state index >= 15 is 0 Å². The van der Waals surface area contributed by atoms with Gasteiger partial charge in [0.1, 0.15) is 0 Å². The molecule has 1 heteroatoms. The second-order valence-corrected chi connectivity index (χ2v) is 3.01. The van der Waals surface area contributed by atoms with Gasteiger partial charge in [-0.3, -0.25) is 0 Å². The van der Waals surface area contributed by atoms with E-state index in [1.807, 2.05) is 7.11 Å². The Morgan fingerprint density at radius 3 is 2.90 bits per heavy atom. The molecule has 1 saturated carbocycles. The molecule has 0 bridgehead atoms. The molecule has 0 aromatic heterocycles. The molecule has 1 unspecified atom stereocenters. The van der Waals surface area contributed by atoms with E-state index in [0.29, 0.717) is 6.10 Å². The van der Waals surface area contributed by atoms with Gasteiger partial charge < -0.3 is 4.74 Å². The van der Waals surface area contributed by atoms with Crippen molar-refractivity contribution in [1.82, 2.24) is 0 Å². The van der Waals surface area contributed by atoms with Crippen molar-refractivity contribution in [2.24, 2.45) is 0 Å². The number of methoxy groups -OCH3 is 1. The van der Waals surface area contributed by atoms with Crippen LogP contribution in [0.4, 0.5) is 0 Å². The van der Waals surface area contributed by atoms with E-state index < -0.39 is 0 Å². The second kappa shape index (κ2) is 4.73. The number of hydrogen-bond donors (Lipinski definition) is 0. The Hall–Kier alpha value is -0.0400. The zero-order valence-electron chi connectivity index (χ0n) is 6.81. The molecule has 0 amide bonds. The summed E-state index contributed by atoms with van der Waals surface area (Å²) in [7, 11) is 1.83. The zero-order valence-corrected chi connectivity index (χ0v) is 6.81. The van der Waals surface area contributed by atoms with Gasteiger partial charge in [0.2, 0.25) is 0 Å². The third-order valence-corrected chi connectivity index (χ3v) is 2.21. The lowest BCUT2D eigenvalue weighted by atomic mass is 9.99. The van der Waals surface area contributed by atoms with E-state index in [2.05, 4.69) is 6.42 Å². The first-order valence-corrected chi connectivity index (χ1v) is 4.28. The molecule has 0 N–H and O–H groups in total. The highest BCUT2D eigenvalue weighted by molar-refractivity contribution is 4.72. The van der Waals surface area contributed by atoms with Crippen LogP contribution in [-0.2, 0) is 4.74 Å². The monoisotopic (exact) mass is 141 g/mol. The highest BCUT2D eigenvalue weighted by Crippen LogP contribution is 2.17. The minimum atomic E-state index is 0.538. The van der Waals surface area contributed by atoms with Crippen LogP contribution in [-0.4, -0.2) is 13.2 Å². The molecule has 0 spiro atoms. The highest BCUT2D eigenvalue weighted by Gasteiger charge is 2.08. The van der Waals surface area contributed by atoms with Crippen LogP contribution in [0.15, 0.2) is 0 Å². The molecule has 0 aromatic carbocycles. The summed E-state index contributed by atoms with van der Waals surface area (Å²) in [5, 5.41) is 0. The SMILES string of the molecule is COC1CC[CH]CCCC1. The van der Waals surface area contributed by atoms with Crippen LogP contribution in [0, 0.1) is 6.42 Å². The van der Waals surface area contributed by atoms with Gasteiger partial charge in [0.25, 0.3) is 0 Å². The fourth-order valence-electron chi connectivity index (χ4n) is 1.49. The fraction of sp³-hybridized carbons (Fsp3) is 0.889. The molecule has 1 radical (unpaired) electrons. The summed E-state index contributed by atoms with van der Waals surface area (Å²) >= 11 is 0. The maximum Gasteiger partial charge on any atom is 0.0571 e. The maximum atomic E-state index is 5.31. The lowest BCUT2D eigenvalue weighted by Gasteiger charge is -2.17. The zero-order chi connectivity index (χ0) is 7.23. The number of ether oxygens (including phenoxy) is 1. The quantitative estimate of drug-likeness (QED) is 0.545. The van der Waals surface area contributed by atoms with E-state index in [4.69, 9.17) is 4.74 Å². The minimum Gasteiger partial charge on any atom is -0.381 e. The predicted molar refractivity (Wildman–Crippen MR) is 42.8 cm³/mol. The van der Waals surface area contributed by atoms with Crippen molar-refractivity contribution in [3.63, 3.8) is 0 Å².